The van der Waals surface area contributed by atoms with Crippen LogP contribution in [0.5, 0.6) is 0 Å². The Morgan fingerprint density at radius 3 is 2.67 bits per heavy atom. The fourth-order valence-electron chi connectivity index (χ4n) is 1.19. The van der Waals surface area contributed by atoms with Gasteiger partial charge in [0.1, 0.15) is 5.88 Å². The Hall–Kier alpha value is -1.27. The van der Waals surface area contributed by atoms with Crippen molar-refractivity contribution in [1.82, 2.24) is 0 Å². The molecule has 2 N–H and O–H groups in total. The topological polar surface area (TPSA) is 67.4 Å². The summed E-state index contributed by atoms with van der Waals surface area (Å²) in [6.07, 6.45) is -0.582. The van der Waals surface area contributed by atoms with E-state index in [0.717, 1.165) is 4.47 Å². The van der Waals surface area contributed by atoms with Gasteiger partial charge in [0.15, 0.2) is 0 Å². The van der Waals surface area contributed by atoms with E-state index in [2.05, 4.69) is 26.6 Å². The van der Waals surface area contributed by atoms with Crippen LogP contribution in [0.25, 0.3) is 0 Å². The molecule has 0 bridgehead atoms. The predicted molar refractivity (Wildman–Crippen MR) is 74.1 cm³/mol. The van der Waals surface area contributed by atoms with Crippen molar-refractivity contribution in [3.05, 3.63) is 22.7 Å². The van der Waals surface area contributed by atoms with Crippen LogP contribution in [0.1, 0.15) is 6.92 Å². The number of nitrogens with one attached hydrogen (secondary N) is 2. The molecule has 0 unspecified atom stereocenters. The van der Waals surface area contributed by atoms with Crippen LogP contribution in [0.15, 0.2) is 22.7 Å². The molecule has 0 heterocycles. The standard InChI is InChI=1S/C11H12BrClN2O3/c1-2-18-11(17)15-8-4-3-7(12)5-9(8)14-10(16)6-13/h3-5H,2,6H2,1H3,(H,14,16)(H,15,17). The summed E-state index contributed by atoms with van der Waals surface area (Å²) in [5.41, 5.74) is 0.887. The van der Waals surface area contributed by atoms with Crippen molar-refractivity contribution in [3.63, 3.8) is 0 Å². The summed E-state index contributed by atoms with van der Waals surface area (Å²) in [4.78, 5) is 22.6. The van der Waals surface area contributed by atoms with E-state index in [9.17, 15) is 9.59 Å². The minimum Gasteiger partial charge on any atom is -0.450 e. The van der Waals surface area contributed by atoms with Crippen molar-refractivity contribution >= 4 is 50.9 Å². The zero-order valence-corrected chi connectivity index (χ0v) is 12.0. The average Bonchev–Trinajstić information content (AvgIpc) is 2.33. The van der Waals surface area contributed by atoms with Crippen LogP contribution in [-0.4, -0.2) is 24.5 Å². The molecule has 98 valence electrons. The summed E-state index contributed by atoms with van der Waals surface area (Å²) in [6, 6.07) is 5.04. The summed E-state index contributed by atoms with van der Waals surface area (Å²) in [6.45, 7) is 1.98. The van der Waals surface area contributed by atoms with Gasteiger partial charge in [-0.3, -0.25) is 10.1 Å². The summed E-state index contributed by atoms with van der Waals surface area (Å²) in [7, 11) is 0. The fraction of sp³-hybridized carbons (Fsp3) is 0.273. The highest BCUT2D eigenvalue weighted by Crippen LogP contribution is 2.26. The lowest BCUT2D eigenvalue weighted by Gasteiger charge is -2.12. The van der Waals surface area contributed by atoms with Crippen LogP contribution in [0, 0.1) is 0 Å². The van der Waals surface area contributed by atoms with Crippen molar-refractivity contribution < 1.29 is 14.3 Å². The van der Waals surface area contributed by atoms with Gasteiger partial charge in [-0.05, 0) is 25.1 Å². The first-order valence-electron chi connectivity index (χ1n) is 5.16. The Morgan fingerprint density at radius 1 is 1.33 bits per heavy atom. The maximum absolute atomic E-state index is 11.3. The van der Waals surface area contributed by atoms with Gasteiger partial charge in [-0.1, -0.05) is 15.9 Å². The summed E-state index contributed by atoms with van der Waals surface area (Å²) in [5, 5.41) is 5.11. The van der Waals surface area contributed by atoms with Crippen LogP contribution in [0.2, 0.25) is 0 Å². The first kappa shape index (κ1) is 14.8. The maximum atomic E-state index is 11.3. The predicted octanol–water partition coefficient (Wildman–Crippen LogP) is 3.19. The van der Waals surface area contributed by atoms with E-state index in [1.807, 2.05) is 0 Å². The maximum Gasteiger partial charge on any atom is 0.411 e. The highest BCUT2D eigenvalue weighted by molar-refractivity contribution is 9.10. The third kappa shape index (κ3) is 4.54. The smallest absolute Gasteiger partial charge is 0.411 e. The average molecular weight is 336 g/mol. The lowest BCUT2D eigenvalue weighted by Crippen LogP contribution is -2.17. The van der Waals surface area contributed by atoms with Crippen LogP contribution in [-0.2, 0) is 9.53 Å². The largest absolute Gasteiger partial charge is 0.450 e. The molecule has 0 spiro atoms. The number of amides is 2. The molecule has 7 heteroatoms. The number of benzene rings is 1. The van der Waals surface area contributed by atoms with Crippen molar-refractivity contribution in [3.8, 4) is 0 Å². The molecular weight excluding hydrogens is 323 g/mol. The van der Waals surface area contributed by atoms with Crippen LogP contribution >= 0.6 is 27.5 Å². The van der Waals surface area contributed by atoms with Crippen molar-refractivity contribution in [2.24, 2.45) is 0 Å². The molecule has 0 aliphatic rings. The highest BCUT2D eigenvalue weighted by atomic mass is 79.9. The number of ether oxygens (including phenoxy) is 1. The number of carbonyl (C=O) groups is 2. The Kier molecular flexibility index (Phi) is 5.94. The van der Waals surface area contributed by atoms with E-state index in [1.165, 1.54) is 0 Å². The zero-order valence-electron chi connectivity index (χ0n) is 9.63. The van der Waals surface area contributed by atoms with Gasteiger partial charge in [-0.2, -0.15) is 0 Å². The summed E-state index contributed by atoms with van der Waals surface area (Å²) < 4.78 is 5.53. The number of hydrogen-bond acceptors (Lipinski definition) is 3. The zero-order chi connectivity index (χ0) is 13.5. The van der Waals surface area contributed by atoms with Crippen LogP contribution < -0.4 is 10.6 Å². The van der Waals surface area contributed by atoms with Crippen molar-refractivity contribution in [1.29, 1.82) is 0 Å². The van der Waals surface area contributed by atoms with Gasteiger partial charge >= 0.3 is 6.09 Å². The molecule has 18 heavy (non-hydrogen) atoms. The van der Waals surface area contributed by atoms with E-state index >= 15 is 0 Å². The molecule has 0 saturated heterocycles. The molecule has 0 saturated carbocycles. The molecule has 1 rings (SSSR count). The fourth-order valence-corrected chi connectivity index (χ4v) is 1.62. The third-order valence-electron chi connectivity index (χ3n) is 1.89. The van der Waals surface area contributed by atoms with Gasteiger partial charge < -0.3 is 10.1 Å². The van der Waals surface area contributed by atoms with E-state index < -0.39 is 6.09 Å². The molecule has 0 fully saturated rings. The number of alkyl halides is 1. The number of anilines is 2. The Labute approximate surface area is 118 Å². The lowest BCUT2D eigenvalue weighted by atomic mass is 10.2. The molecule has 2 amide bonds. The van der Waals surface area contributed by atoms with Gasteiger partial charge in [0.05, 0.1) is 18.0 Å². The molecular formula is C11H12BrClN2O3. The van der Waals surface area contributed by atoms with Crippen LogP contribution in [0.4, 0.5) is 16.2 Å². The molecule has 0 aromatic heterocycles. The van der Waals surface area contributed by atoms with Crippen molar-refractivity contribution in [2.75, 3.05) is 23.1 Å². The molecule has 0 radical (unpaired) electrons. The van der Waals surface area contributed by atoms with E-state index in [0.29, 0.717) is 11.4 Å². The summed E-state index contributed by atoms with van der Waals surface area (Å²) >= 11 is 8.69. The Bertz CT molecular complexity index is 454. The van der Waals surface area contributed by atoms with Crippen LogP contribution in [0.3, 0.4) is 0 Å². The Balaban J connectivity index is 2.89. The Morgan fingerprint density at radius 2 is 2.06 bits per heavy atom. The number of halogens is 2. The molecule has 0 aliphatic carbocycles. The second-order valence-corrected chi connectivity index (χ2v) is 4.40. The van der Waals surface area contributed by atoms with Crippen molar-refractivity contribution in [2.45, 2.75) is 6.92 Å². The number of carbonyl (C=O) groups excluding carboxylic acids is 2. The van der Waals surface area contributed by atoms with E-state index in [1.54, 1.807) is 25.1 Å². The second kappa shape index (κ2) is 7.23. The van der Waals surface area contributed by atoms with E-state index in [4.69, 9.17) is 16.3 Å². The number of rotatable bonds is 4. The second-order valence-electron chi connectivity index (χ2n) is 3.22. The van der Waals surface area contributed by atoms with Gasteiger partial charge in [-0.15, -0.1) is 11.6 Å². The van der Waals surface area contributed by atoms with Gasteiger partial charge in [0, 0.05) is 4.47 Å². The summed E-state index contributed by atoms with van der Waals surface area (Å²) in [5.74, 6) is -0.521. The van der Waals surface area contributed by atoms with Gasteiger partial charge in [-0.25, -0.2) is 4.79 Å². The quantitative estimate of drug-likeness (QED) is 0.830. The lowest BCUT2D eigenvalue weighted by molar-refractivity contribution is -0.113. The normalized spacial score (nSPS) is 9.72. The highest BCUT2D eigenvalue weighted by Gasteiger charge is 2.10. The number of hydrogen-bond donors (Lipinski definition) is 2. The monoisotopic (exact) mass is 334 g/mol. The molecule has 5 nitrogen and oxygen atoms in total. The molecule has 1 aromatic rings. The van der Waals surface area contributed by atoms with Gasteiger partial charge in [0.25, 0.3) is 0 Å². The minimum absolute atomic E-state index is 0.161. The molecule has 1 aromatic carbocycles. The minimum atomic E-state index is -0.582. The third-order valence-corrected chi connectivity index (χ3v) is 2.63. The molecule has 0 aliphatic heterocycles. The first-order valence-corrected chi connectivity index (χ1v) is 6.48. The van der Waals surface area contributed by atoms with E-state index in [-0.39, 0.29) is 18.4 Å². The SMILES string of the molecule is CCOC(=O)Nc1ccc(Br)cc1NC(=O)CCl. The molecule has 0 atom stereocenters. The van der Waals surface area contributed by atoms with Gasteiger partial charge in [0.2, 0.25) is 5.91 Å². The first-order chi connectivity index (χ1) is 8.56.